The van der Waals surface area contributed by atoms with Crippen molar-refractivity contribution >= 4 is 67.6 Å². The highest BCUT2D eigenvalue weighted by Gasteiger charge is 2.39. The van der Waals surface area contributed by atoms with E-state index in [1.807, 2.05) is 18.2 Å². The third kappa shape index (κ3) is 13.5. The first-order valence-corrected chi connectivity index (χ1v) is 21.2. The Morgan fingerprint density at radius 2 is 0.915 bits per heavy atom. The second-order valence-electron chi connectivity index (χ2n) is 15.2. The number of alkyl halides is 12. The van der Waals surface area contributed by atoms with Gasteiger partial charge in [-0.3, -0.25) is 19.8 Å². The molecular weight excluding hydrogens is 1070 g/mol. The molecule has 6 aromatic carbocycles. The number of carbonyl (C=O) groups is 2. The van der Waals surface area contributed by atoms with Gasteiger partial charge < -0.3 is 11.5 Å². The number of nitrogens with one attached hydrogen (secondary N) is 2. The molecule has 0 aliphatic rings. The van der Waals surface area contributed by atoms with Crippen molar-refractivity contribution in [3.63, 3.8) is 0 Å². The summed E-state index contributed by atoms with van der Waals surface area (Å²) in [5, 5.41) is 15.1. The quantitative estimate of drug-likeness (QED) is 0.0565. The highest BCUT2D eigenvalue weighted by atomic mass is 127. The van der Waals surface area contributed by atoms with E-state index in [-0.39, 0.29) is 24.4 Å². The van der Waals surface area contributed by atoms with E-state index in [0.29, 0.717) is 68.8 Å². The van der Waals surface area contributed by atoms with Crippen LogP contribution in [-0.2, 0) is 37.5 Å². The maximum Gasteiger partial charge on any atom is 0.416 e. The fourth-order valence-corrected chi connectivity index (χ4v) is 7.51. The highest BCUT2D eigenvalue weighted by molar-refractivity contribution is 14.1. The van der Waals surface area contributed by atoms with Gasteiger partial charge in [-0.15, -0.1) is 6.42 Å². The van der Waals surface area contributed by atoms with Gasteiger partial charge in [0.05, 0.1) is 44.1 Å². The van der Waals surface area contributed by atoms with Crippen molar-refractivity contribution in [2.45, 2.75) is 37.5 Å². The molecule has 0 unspecified atom stereocenters. The van der Waals surface area contributed by atoms with Gasteiger partial charge in [0.25, 0.3) is 0 Å². The summed E-state index contributed by atoms with van der Waals surface area (Å²) in [6.07, 6.45) is -15.6. The number of halogens is 13. The van der Waals surface area contributed by atoms with Gasteiger partial charge in [0.15, 0.2) is 23.2 Å². The highest BCUT2D eigenvalue weighted by Crippen LogP contribution is 2.38. The molecule has 0 saturated carbocycles. The Bertz CT molecular complexity index is 3320. The van der Waals surface area contributed by atoms with E-state index in [1.54, 1.807) is 48.5 Å². The first-order valence-electron chi connectivity index (χ1n) is 20.1. The predicted molar refractivity (Wildman–Crippen MR) is 249 cm³/mol. The number of aromatic amines is 2. The molecule has 71 heavy (non-hydrogen) atoms. The molecule has 0 amide bonds. The van der Waals surface area contributed by atoms with Crippen LogP contribution in [0.2, 0.25) is 0 Å². The summed E-state index contributed by atoms with van der Waals surface area (Å²) < 4.78 is 157. The molecule has 0 bridgehead atoms. The molecular formula is C50H31F12IN6O2. The van der Waals surface area contributed by atoms with Gasteiger partial charge in [-0.05, 0) is 119 Å². The van der Waals surface area contributed by atoms with Crippen LogP contribution in [0.4, 0.5) is 64.3 Å². The van der Waals surface area contributed by atoms with Gasteiger partial charge in [0.1, 0.15) is 0 Å². The summed E-state index contributed by atoms with van der Waals surface area (Å²) in [4.78, 5) is 24.8. The standard InChI is InChI=1S/C25H15F6N3O.C18H10F6O.C7H6IN3/c26-24(27,28)18-11-17(12-19(13-18)25(29,30)31)21(35)10-15-4-1-3-14(9-15)7-8-16-5-2-6-20-22(16)23(32)34-33-20;1-2-11-4-3-5-12(6-11)7-16(25)13-8-14(17(19,20)21)10-15(9-13)18(22,23)24;8-4-2-1-3-5-6(4)7(9)11-10-5/h1-6,9,11-13H,10H2,(H3,32,33,34);1,3-6,8-10H,7H2;1-3H,(H3,9,10,11). The predicted octanol–water partition coefficient (Wildman–Crippen LogP) is 12.9. The minimum Gasteiger partial charge on any atom is -0.382 e. The number of H-pyrrole nitrogens is 2. The normalized spacial score (nSPS) is 11.7. The Balaban J connectivity index is 0.000000198. The van der Waals surface area contributed by atoms with E-state index in [9.17, 15) is 62.3 Å². The van der Waals surface area contributed by atoms with Crippen molar-refractivity contribution in [1.82, 2.24) is 20.4 Å². The number of hydrogen-bond acceptors (Lipinski definition) is 6. The van der Waals surface area contributed by atoms with Crippen LogP contribution in [0.25, 0.3) is 21.8 Å². The topological polar surface area (TPSA) is 144 Å². The Morgan fingerprint density at radius 1 is 0.521 bits per heavy atom. The molecule has 8 nitrogen and oxygen atoms in total. The molecule has 0 atom stereocenters. The van der Waals surface area contributed by atoms with Crippen molar-refractivity contribution in [2.75, 3.05) is 11.5 Å². The Kier molecular flexibility index (Phi) is 15.6. The number of nitrogens with zero attached hydrogens (tertiary/aromatic N) is 2. The van der Waals surface area contributed by atoms with Crippen molar-refractivity contribution in [3.8, 4) is 24.2 Å². The third-order valence-electron chi connectivity index (χ3n) is 10.1. The van der Waals surface area contributed by atoms with Gasteiger partial charge in [-0.25, -0.2) is 0 Å². The Labute approximate surface area is 408 Å². The third-order valence-corrected chi connectivity index (χ3v) is 11.0. The second-order valence-corrected chi connectivity index (χ2v) is 16.4. The SMILES string of the molecule is C#Cc1cccc(CC(=O)c2cc(C(F)(F)F)cc(C(F)(F)F)c2)c1.Nc1n[nH]c2cccc(C#Cc3cccc(CC(=O)c4cc(C(F)(F)F)cc(C(F)(F)F)c4)c3)c12.Nc1n[nH]c2cccc(I)c12. The fourth-order valence-electron chi connectivity index (χ4n) is 6.73. The zero-order valence-electron chi connectivity index (χ0n) is 35.8. The summed E-state index contributed by atoms with van der Waals surface area (Å²) in [6, 6.07) is 25.3. The molecule has 8 aromatic rings. The number of rotatable bonds is 6. The van der Waals surface area contributed by atoms with Gasteiger partial charge in [-0.2, -0.15) is 62.9 Å². The van der Waals surface area contributed by atoms with E-state index in [1.165, 1.54) is 18.2 Å². The van der Waals surface area contributed by atoms with Crippen LogP contribution >= 0.6 is 22.6 Å². The van der Waals surface area contributed by atoms with E-state index in [0.717, 1.165) is 14.5 Å². The monoisotopic (exact) mass is 1100 g/mol. The lowest BCUT2D eigenvalue weighted by Gasteiger charge is -2.14. The first-order chi connectivity index (χ1) is 33.2. The summed E-state index contributed by atoms with van der Waals surface area (Å²) >= 11 is 2.24. The van der Waals surface area contributed by atoms with Gasteiger partial charge in [0, 0.05) is 44.2 Å². The number of hydrogen-bond donors (Lipinski definition) is 4. The van der Waals surface area contributed by atoms with E-state index < -0.39 is 76.1 Å². The molecule has 0 fully saturated rings. The minimum atomic E-state index is -5.03. The summed E-state index contributed by atoms with van der Waals surface area (Å²) in [5.74, 6) is 7.32. The van der Waals surface area contributed by atoms with Gasteiger partial charge in [-0.1, -0.05) is 54.2 Å². The molecule has 8 rings (SSSR count). The number of nitrogen functional groups attached to an aromatic ring is 2. The fraction of sp³-hybridized carbons (Fsp3) is 0.120. The number of fused-ring (bicyclic) bond motifs is 2. The maximum absolute atomic E-state index is 13.1. The second kappa shape index (κ2) is 21.1. The number of benzene rings is 6. The van der Waals surface area contributed by atoms with Gasteiger partial charge >= 0.3 is 24.7 Å². The van der Waals surface area contributed by atoms with E-state index >= 15 is 0 Å². The van der Waals surface area contributed by atoms with Crippen LogP contribution in [0, 0.1) is 27.8 Å². The lowest BCUT2D eigenvalue weighted by atomic mass is 9.97. The number of aromatic nitrogens is 4. The molecule has 0 spiro atoms. The van der Waals surface area contributed by atoms with Crippen LogP contribution < -0.4 is 11.5 Å². The average molecular weight is 1100 g/mol. The van der Waals surface area contributed by atoms with Crippen molar-refractivity contribution in [2.24, 2.45) is 0 Å². The lowest BCUT2D eigenvalue weighted by Crippen LogP contribution is -2.14. The number of anilines is 2. The van der Waals surface area contributed by atoms with E-state index in [4.69, 9.17) is 17.9 Å². The molecule has 2 aromatic heterocycles. The maximum atomic E-state index is 13.1. The van der Waals surface area contributed by atoms with Crippen LogP contribution in [0.1, 0.15) is 70.8 Å². The van der Waals surface area contributed by atoms with Crippen LogP contribution in [0.15, 0.2) is 121 Å². The summed E-state index contributed by atoms with van der Waals surface area (Å²) in [5.41, 5.74) is 8.06. The van der Waals surface area contributed by atoms with E-state index in [2.05, 4.69) is 60.7 Å². The molecule has 0 saturated heterocycles. The minimum absolute atomic E-state index is 0.0136. The zero-order valence-corrected chi connectivity index (χ0v) is 38.0. The van der Waals surface area contributed by atoms with Crippen molar-refractivity contribution < 1.29 is 62.3 Å². The lowest BCUT2D eigenvalue weighted by molar-refractivity contribution is -0.144. The van der Waals surface area contributed by atoms with Crippen LogP contribution in [0.5, 0.6) is 0 Å². The molecule has 0 aliphatic carbocycles. The summed E-state index contributed by atoms with van der Waals surface area (Å²) in [6.45, 7) is 0. The average Bonchev–Trinajstić information content (AvgIpc) is 3.89. The first kappa shape index (κ1) is 52.6. The molecule has 0 aliphatic heterocycles. The number of nitrogens with two attached hydrogens (primary N) is 2. The Hall–Kier alpha value is -7.79. The zero-order chi connectivity index (χ0) is 52.1. The summed E-state index contributed by atoms with van der Waals surface area (Å²) in [7, 11) is 0. The van der Waals surface area contributed by atoms with Crippen molar-refractivity contribution in [3.05, 3.63) is 186 Å². The van der Waals surface area contributed by atoms with Crippen molar-refractivity contribution in [1.29, 1.82) is 0 Å². The van der Waals surface area contributed by atoms with Crippen LogP contribution in [-0.4, -0.2) is 32.0 Å². The largest absolute Gasteiger partial charge is 0.416 e. The molecule has 21 heteroatoms. The smallest absolute Gasteiger partial charge is 0.382 e. The molecule has 364 valence electrons. The number of ketones is 2. The number of Topliss-reactive ketones (excluding diaryl/α,β-unsaturated/α-hetero) is 2. The number of terminal acetylenes is 1. The number of carbonyl (C=O) groups excluding carboxylic acids is 2. The molecule has 0 radical (unpaired) electrons. The Morgan fingerprint density at radius 3 is 1.35 bits per heavy atom. The van der Waals surface area contributed by atoms with Gasteiger partial charge in [0.2, 0.25) is 0 Å². The molecule has 6 N–H and O–H groups in total. The van der Waals surface area contributed by atoms with Crippen LogP contribution in [0.3, 0.4) is 0 Å². The molecule has 2 heterocycles.